The van der Waals surface area contributed by atoms with Crippen LogP contribution in [0.15, 0.2) is 48.6 Å². The molecule has 51 heavy (non-hydrogen) atoms. The van der Waals surface area contributed by atoms with Crippen LogP contribution < -0.4 is 5.32 Å². The van der Waals surface area contributed by atoms with Crippen LogP contribution in [0, 0.1) is 0 Å². The molecule has 9 heteroatoms. The summed E-state index contributed by atoms with van der Waals surface area (Å²) in [5.74, 6) is -0.195. The highest BCUT2D eigenvalue weighted by molar-refractivity contribution is 5.76. The number of ether oxygens (including phenoxy) is 2. The van der Waals surface area contributed by atoms with Crippen molar-refractivity contribution in [3.05, 3.63) is 48.6 Å². The third kappa shape index (κ3) is 24.2. The van der Waals surface area contributed by atoms with Crippen molar-refractivity contribution in [3.8, 4) is 0 Å². The summed E-state index contributed by atoms with van der Waals surface area (Å²) in [7, 11) is 0. The summed E-state index contributed by atoms with van der Waals surface area (Å²) in [6.45, 7) is 3.62. The van der Waals surface area contributed by atoms with Crippen molar-refractivity contribution in [2.75, 3.05) is 13.2 Å². The number of unbranched alkanes of at least 4 members (excludes halogenated alkanes) is 16. The van der Waals surface area contributed by atoms with Crippen LogP contribution in [0.5, 0.6) is 0 Å². The highest BCUT2D eigenvalue weighted by atomic mass is 16.7. The molecule has 1 amide bonds. The fourth-order valence-electron chi connectivity index (χ4n) is 6.04. The van der Waals surface area contributed by atoms with Gasteiger partial charge in [-0.2, -0.15) is 0 Å². The maximum Gasteiger partial charge on any atom is 0.220 e. The lowest BCUT2D eigenvalue weighted by Crippen LogP contribution is -2.60. The van der Waals surface area contributed by atoms with Crippen molar-refractivity contribution in [3.63, 3.8) is 0 Å². The highest BCUT2D eigenvalue weighted by Crippen LogP contribution is 2.22. The normalized spacial score (nSPS) is 22.5. The van der Waals surface area contributed by atoms with E-state index in [2.05, 4.69) is 55.6 Å². The molecule has 1 aliphatic rings. The van der Waals surface area contributed by atoms with Gasteiger partial charge in [-0.3, -0.25) is 4.79 Å². The van der Waals surface area contributed by atoms with Crippen molar-refractivity contribution in [1.29, 1.82) is 0 Å². The average Bonchev–Trinajstić information content (AvgIpc) is 3.13. The van der Waals surface area contributed by atoms with Gasteiger partial charge in [0.15, 0.2) is 6.29 Å². The molecule has 1 saturated heterocycles. The average molecular weight is 722 g/mol. The predicted octanol–water partition coefficient (Wildman–Crippen LogP) is 7.50. The molecule has 6 N–H and O–H groups in total. The maximum atomic E-state index is 12.8. The molecule has 0 aliphatic carbocycles. The summed E-state index contributed by atoms with van der Waals surface area (Å²) in [5, 5.41) is 53.6. The van der Waals surface area contributed by atoms with Crippen molar-refractivity contribution < 1.29 is 39.8 Å². The summed E-state index contributed by atoms with van der Waals surface area (Å²) in [5.41, 5.74) is 0. The number of hydrogen-bond donors (Lipinski definition) is 6. The van der Waals surface area contributed by atoms with E-state index in [1.165, 1.54) is 64.2 Å². The third-order valence-corrected chi connectivity index (χ3v) is 9.40. The first-order valence-electron chi connectivity index (χ1n) is 20.4. The van der Waals surface area contributed by atoms with Gasteiger partial charge in [0.1, 0.15) is 24.4 Å². The smallest absolute Gasteiger partial charge is 0.220 e. The molecule has 9 nitrogen and oxygen atoms in total. The summed E-state index contributed by atoms with van der Waals surface area (Å²) in [6.07, 6.45) is 33.5. The summed E-state index contributed by atoms with van der Waals surface area (Å²) in [4.78, 5) is 12.8. The van der Waals surface area contributed by atoms with E-state index in [0.717, 1.165) is 70.6 Å². The lowest BCUT2D eigenvalue weighted by atomic mass is 9.99. The van der Waals surface area contributed by atoms with Crippen LogP contribution >= 0.6 is 0 Å². The zero-order valence-corrected chi connectivity index (χ0v) is 32.1. The molecule has 0 aromatic carbocycles. The largest absolute Gasteiger partial charge is 0.394 e. The Morgan fingerprint density at radius 1 is 0.667 bits per heavy atom. The number of nitrogens with one attached hydrogen (secondary N) is 1. The lowest BCUT2D eigenvalue weighted by molar-refractivity contribution is -0.302. The molecule has 1 heterocycles. The zero-order chi connectivity index (χ0) is 37.4. The van der Waals surface area contributed by atoms with Crippen LogP contribution in [0.25, 0.3) is 0 Å². The second-order valence-electron chi connectivity index (χ2n) is 14.1. The fourth-order valence-corrected chi connectivity index (χ4v) is 6.04. The minimum atomic E-state index is -1.57. The number of carbonyl (C=O) groups is 1. The Bertz CT molecular complexity index is 936. The Labute approximate surface area is 310 Å². The molecule has 0 aromatic rings. The fraction of sp³-hybridized carbons (Fsp3) is 0.786. The van der Waals surface area contributed by atoms with Crippen LogP contribution in [0.4, 0.5) is 0 Å². The van der Waals surface area contributed by atoms with Gasteiger partial charge in [0.25, 0.3) is 0 Å². The lowest BCUT2D eigenvalue weighted by Gasteiger charge is -2.40. The Morgan fingerprint density at radius 2 is 1.16 bits per heavy atom. The molecule has 1 fully saturated rings. The minimum Gasteiger partial charge on any atom is -0.394 e. The Morgan fingerprint density at radius 3 is 1.75 bits per heavy atom. The number of hydrogen-bond acceptors (Lipinski definition) is 8. The van der Waals surface area contributed by atoms with Gasteiger partial charge in [0.05, 0.1) is 25.4 Å². The van der Waals surface area contributed by atoms with Gasteiger partial charge in [-0.1, -0.05) is 140 Å². The van der Waals surface area contributed by atoms with Gasteiger partial charge in [-0.25, -0.2) is 0 Å². The summed E-state index contributed by atoms with van der Waals surface area (Å²) >= 11 is 0. The minimum absolute atomic E-state index is 0.195. The molecular formula is C42H75NO8. The molecule has 1 rings (SSSR count). The van der Waals surface area contributed by atoms with E-state index >= 15 is 0 Å². The van der Waals surface area contributed by atoms with E-state index in [1.807, 2.05) is 6.08 Å². The van der Waals surface area contributed by atoms with E-state index in [-0.39, 0.29) is 12.5 Å². The Hall–Kier alpha value is -1.85. The van der Waals surface area contributed by atoms with Gasteiger partial charge in [0, 0.05) is 6.42 Å². The molecule has 0 bridgehead atoms. The van der Waals surface area contributed by atoms with E-state index in [0.29, 0.717) is 6.42 Å². The van der Waals surface area contributed by atoms with Crippen LogP contribution in [0.2, 0.25) is 0 Å². The van der Waals surface area contributed by atoms with Crippen LogP contribution in [-0.2, 0) is 14.3 Å². The molecule has 7 atom stereocenters. The van der Waals surface area contributed by atoms with Gasteiger partial charge >= 0.3 is 0 Å². The zero-order valence-electron chi connectivity index (χ0n) is 32.1. The first kappa shape index (κ1) is 47.2. The number of rotatable bonds is 32. The third-order valence-electron chi connectivity index (χ3n) is 9.40. The van der Waals surface area contributed by atoms with E-state index in [4.69, 9.17) is 9.47 Å². The molecule has 1 aliphatic heterocycles. The highest BCUT2D eigenvalue weighted by Gasteiger charge is 2.44. The number of amides is 1. The van der Waals surface area contributed by atoms with Crippen molar-refractivity contribution in [1.82, 2.24) is 5.32 Å². The van der Waals surface area contributed by atoms with E-state index in [9.17, 15) is 30.3 Å². The molecule has 0 aromatic heterocycles. The van der Waals surface area contributed by atoms with Gasteiger partial charge < -0.3 is 40.3 Å². The van der Waals surface area contributed by atoms with Gasteiger partial charge in [-0.05, 0) is 57.8 Å². The molecule has 0 saturated carbocycles. The molecule has 296 valence electrons. The second-order valence-corrected chi connectivity index (χ2v) is 14.1. The van der Waals surface area contributed by atoms with Crippen molar-refractivity contribution in [2.45, 2.75) is 198 Å². The molecular weight excluding hydrogens is 646 g/mol. The van der Waals surface area contributed by atoms with E-state index < -0.39 is 49.5 Å². The van der Waals surface area contributed by atoms with Crippen molar-refractivity contribution in [2.24, 2.45) is 0 Å². The number of allylic oxidation sites excluding steroid dienone is 7. The second kappa shape index (κ2) is 32.8. The molecule has 0 spiro atoms. The Balaban J connectivity index is 2.23. The number of aliphatic hydroxyl groups is 5. The van der Waals surface area contributed by atoms with Crippen LogP contribution in [0.1, 0.15) is 155 Å². The first-order valence-corrected chi connectivity index (χ1v) is 20.4. The van der Waals surface area contributed by atoms with E-state index in [1.54, 1.807) is 6.08 Å². The topological polar surface area (TPSA) is 149 Å². The number of aliphatic hydroxyl groups excluding tert-OH is 5. The van der Waals surface area contributed by atoms with Crippen LogP contribution in [0.3, 0.4) is 0 Å². The summed E-state index contributed by atoms with van der Waals surface area (Å²) in [6, 6.07) is -0.805. The standard InChI is InChI=1S/C42H75NO8/c1-3-5-7-9-10-11-12-13-14-15-16-17-18-19-20-21-22-23-24-25-26-28-30-32-38(46)43-35(36(45)31-29-27-8-6-4-2)34-50-42-41(49)40(48)39(47)37(33-44)51-42/h12-13,15-16,18-19,29,31,35-37,39-42,44-45,47-49H,3-11,14,17,20-28,30,32-34H2,1-2H3,(H,43,46)/b13-12-,16-15-,19-18-,31-29+. The Kier molecular flexibility index (Phi) is 30.3. The van der Waals surface area contributed by atoms with Gasteiger partial charge in [0.2, 0.25) is 5.91 Å². The molecule has 7 unspecified atom stereocenters. The monoisotopic (exact) mass is 722 g/mol. The van der Waals surface area contributed by atoms with Gasteiger partial charge in [-0.15, -0.1) is 0 Å². The quantitative estimate of drug-likeness (QED) is 0.0309. The summed E-state index contributed by atoms with van der Waals surface area (Å²) < 4.78 is 11.1. The number of carbonyl (C=O) groups excluding carboxylic acids is 1. The maximum absolute atomic E-state index is 12.8. The van der Waals surface area contributed by atoms with Crippen molar-refractivity contribution >= 4 is 5.91 Å². The SMILES string of the molecule is CCCCC/C=C/C(O)C(COC1OC(CO)C(O)C(O)C1O)NC(=O)CCCCCCCCCC/C=C\C/C=C\C/C=C\CCCCCCC. The predicted molar refractivity (Wildman–Crippen MR) is 207 cm³/mol. The first-order chi connectivity index (χ1) is 24.8. The van der Waals surface area contributed by atoms with Crippen LogP contribution in [-0.4, -0.2) is 87.5 Å². The molecule has 0 radical (unpaired) electrons.